The summed E-state index contributed by atoms with van der Waals surface area (Å²) in [6, 6.07) is -0.319. The van der Waals surface area contributed by atoms with Gasteiger partial charge in [0.2, 0.25) is 5.91 Å². The van der Waals surface area contributed by atoms with Crippen molar-refractivity contribution >= 4 is 11.9 Å². The zero-order valence-corrected chi connectivity index (χ0v) is 11.1. The predicted molar refractivity (Wildman–Crippen MR) is 69.4 cm³/mol. The monoisotopic (exact) mass is 256 g/mol. The molecule has 2 atom stereocenters. The van der Waals surface area contributed by atoms with Crippen molar-refractivity contribution in [2.75, 3.05) is 6.54 Å². The Morgan fingerprint density at radius 2 is 2.22 bits per heavy atom. The standard InChI is InChI=1S/C13H24N2O3/c1-2-5-11(13(17)18)15-12(16)8-7-10-6-3-4-9-14-10/h10-11,14H,2-9H2,1H3,(H,15,16)(H,17,18)/t10?,11-/m1/s1. The van der Waals surface area contributed by atoms with Gasteiger partial charge >= 0.3 is 5.97 Å². The van der Waals surface area contributed by atoms with Gasteiger partial charge in [0.15, 0.2) is 0 Å². The van der Waals surface area contributed by atoms with Crippen LogP contribution in [0.3, 0.4) is 0 Å². The first-order chi connectivity index (χ1) is 8.63. The van der Waals surface area contributed by atoms with Crippen LogP contribution in [0.15, 0.2) is 0 Å². The molecule has 1 aliphatic rings. The molecule has 0 saturated carbocycles. The maximum Gasteiger partial charge on any atom is 0.326 e. The molecule has 0 bridgehead atoms. The number of piperidine rings is 1. The van der Waals surface area contributed by atoms with Gasteiger partial charge in [-0.2, -0.15) is 0 Å². The van der Waals surface area contributed by atoms with Crippen molar-refractivity contribution in [1.29, 1.82) is 0 Å². The smallest absolute Gasteiger partial charge is 0.326 e. The van der Waals surface area contributed by atoms with E-state index in [0.29, 0.717) is 18.9 Å². The van der Waals surface area contributed by atoms with Gasteiger partial charge in [0.05, 0.1) is 0 Å². The molecule has 3 N–H and O–H groups in total. The third-order valence-electron chi connectivity index (χ3n) is 3.34. The average Bonchev–Trinajstić information content (AvgIpc) is 2.37. The number of carboxylic acids is 1. The highest BCUT2D eigenvalue weighted by Crippen LogP contribution is 2.11. The third-order valence-corrected chi connectivity index (χ3v) is 3.34. The first-order valence-corrected chi connectivity index (χ1v) is 6.89. The largest absolute Gasteiger partial charge is 0.480 e. The van der Waals surface area contributed by atoms with Crippen LogP contribution in [0, 0.1) is 0 Å². The fourth-order valence-electron chi connectivity index (χ4n) is 2.29. The van der Waals surface area contributed by atoms with Gasteiger partial charge in [-0.25, -0.2) is 4.79 Å². The van der Waals surface area contributed by atoms with Crippen LogP contribution in [0.2, 0.25) is 0 Å². The van der Waals surface area contributed by atoms with Crippen LogP contribution in [0.4, 0.5) is 0 Å². The normalized spacial score (nSPS) is 21.3. The lowest BCUT2D eigenvalue weighted by Gasteiger charge is -2.23. The Morgan fingerprint density at radius 3 is 2.78 bits per heavy atom. The summed E-state index contributed by atoms with van der Waals surface area (Å²) in [7, 11) is 0. The van der Waals surface area contributed by atoms with Crippen molar-refractivity contribution in [1.82, 2.24) is 10.6 Å². The second kappa shape index (κ2) is 8.08. The second-order valence-corrected chi connectivity index (χ2v) is 4.93. The third kappa shape index (κ3) is 5.49. The number of hydrogen-bond acceptors (Lipinski definition) is 3. The summed E-state index contributed by atoms with van der Waals surface area (Å²) in [5, 5.41) is 14.9. The lowest BCUT2D eigenvalue weighted by molar-refractivity contribution is -0.142. The second-order valence-electron chi connectivity index (χ2n) is 4.93. The van der Waals surface area contributed by atoms with Gasteiger partial charge in [0.1, 0.15) is 6.04 Å². The number of aliphatic carboxylic acids is 1. The maximum atomic E-state index is 11.7. The summed E-state index contributed by atoms with van der Waals surface area (Å²) in [6.45, 7) is 2.94. The van der Waals surface area contributed by atoms with Gasteiger partial charge in [-0.05, 0) is 32.2 Å². The van der Waals surface area contributed by atoms with E-state index in [1.165, 1.54) is 12.8 Å². The minimum Gasteiger partial charge on any atom is -0.480 e. The van der Waals surface area contributed by atoms with E-state index >= 15 is 0 Å². The molecule has 0 radical (unpaired) electrons. The summed E-state index contributed by atoms with van der Waals surface area (Å²) < 4.78 is 0. The number of hydrogen-bond donors (Lipinski definition) is 3. The molecule has 5 nitrogen and oxygen atoms in total. The first kappa shape index (κ1) is 15.0. The Labute approximate surface area is 108 Å². The minimum atomic E-state index is -0.944. The molecule has 0 spiro atoms. The molecule has 1 unspecified atom stereocenters. The van der Waals surface area contributed by atoms with Crippen LogP contribution < -0.4 is 10.6 Å². The number of nitrogens with one attached hydrogen (secondary N) is 2. The highest BCUT2D eigenvalue weighted by molar-refractivity contribution is 5.83. The van der Waals surface area contributed by atoms with E-state index in [4.69, 9.17) is 5.11 Å². The van der Waals surface area contributed by atoms with Crippen molar-refractivity contribution in [2.24, 2.45) is 0 Å². The van der Waals surface area contributed by atoms with E-state index in [9.17, 15) is 9.59 Å². The molecular weight excluding hydrogens is 232 g/mol. The molecule has 0 aliphatic carbocycles. The number of rotatable bonds is 7. The lowest BCUT2D eigenvalue weighted by atomic mass is 10.0. The van der Waals surface area contributed by atoms with Crippen molar-refractivity contribution in [3.8, 4) is 0 Å². The summed E-state index contributed by atoms with van der Waals surface area (Å²) in [5.41, 5.74) is 0. The zero-order chi connectivity index (χ0) is 13.4. The maximum absolute atomic E-state index is 11.7. The van der Waals surface area contributed by atoms with E-state index < -0.39 is 12.0 Å². The van der Waals surface area contributed by atoms with Crippen molar-refractivity contribution in [3.63, 3.8) is 0 Å². The molecule has 1 aliphatic heterocycles. The lowest BCUT2D eigenvalue weighted by Crippen LogP contribution is -2.41. The summed E-state index contributed by atoms with van der Waals surface area (Å²) in [4.78, 5) is 22.6. The molecule has 5 heteroatoms. The molecule has 1 heterocycles. The van der Waals surface area contributed by atoms with Gasteiger partial charge in [0.25, 0.3) is 0 Å². The Bertz CT molecular complexity index is 275. The Balaban J connectivity index is 2.24. The predicted octanol–water partition coefficient (Wildman–Crippen LogP) is 1.28. The molecule has 0 aromatic heterocycles. The topological polar surface area (TPSA) is 78.4 Å². The van der Waals surface area contributed by atoms with E-state index in [1.807, 2.05) is 6.92 Å². The molecule has 1 rings (SSSR count). The van der Waals surface area contributed by atoms with E-state index in [1.54, 1.807) is 0 Å². The van der Waals surface area contributed by atoms with Crippen LogP contribution in [-0.4, -0.2) is 35.6 Å². The summed E-state index contributed by atoms with van der Waals surface area (Å²) >= 11 is 0. The minimum absolute atomic E-state index is 0.150. The first-order valence-electron chi connectivity index (χ1n) is 6.89. The molecule has 1 amide bonds. The van der Waals surface area contributed by atoms with Crippen molar-refractivity contribution in [3.05, 3.63) is 0 Å². The van der Waals surface area contributed by atoms with E-state index in [-0.39, 0.29) is 5.91 Å². The van der Waals surface area contributed by atoms with Crippen LogP contribution >= 0.6 is 0 Å². The van der Waals surface area contributed by atoms with Gasteiger partial charge in [-0.1, -0.05) is 19.8 Å². The van der Waals surface area contributed by atoms with Crippen LogP contribution in [0.5, 0.6) is 0 Å². The molecule has 0 aromatic carbocycles. The molecule has 0 aromatic rings. The fourth-order valence-corrected chi connectivity index (χ4v) is 2.29. The molecule has 18 heavy (non-hydrogen) atoms. The highest BCUT2D eigenvalue weighted by Gasteiger charge is 2.20. The average molecular weight is 256 g/mol. The highest BCUT2D eigenvalue weighted by atomic mass is 16.4. The van der Waals surface area contributed by atoms with Crippen LogP contribution in [0.25, 0.3) is 0 Å². The molecule has 1 fully saturated rings. The quantitative estimate of drug-likeness (QED) is 0.641. The van der Waals surface area contributed by atoms with Gasteiger partial charge in [0, 0.05) is 12.5 Å². The van der Waals surface area contributed by atoms with Crippen LogP contribution in [-0.2, 0) is 9.59 Å². The van der Waals surface area contributed by atoms with Gasteiger partial charge in [-0.3, -0.25) is 4.79 Å². The number of carbonyl (C=O) groups excluding carboxylic acids is 1. The summed E-state index contributed by atoms with van der Waals surface area (Å²) in [5.74, 6) is -1.09. The van der Waals surface area contributed by atoms with Gasteiger partial charge < -0.3 is 15.7 Å². The van der Waals surface area contributed by atoms with Gasteiger partial charge in [-0.15, -0.1) is 0 Å². The van der Waals surface area contributed by atoms with Crippen LogP contribution in [0.1, 0.15) is 51.9 Å². The SMILES string of the molecule is CCC[C@@H](NC(=O)CCC1CCCCN1)C(=O)O. The zero-order valence-electron chi connectivity index (χ0n) is 11.1. The molecule has 1 saturated heterocycles. The number of amides is 1. The fraction of sp³-hybridized carbons (Fsp3) is 0.846. The molecule has 104 valence electrons. The van der Waals surface area contributed by atoms with Crippen molar-refractivity contribution < 1.29 is 14.7 Å². The molecular formula is C13H24N2O3. The van der Waals surface area contributed by atoms with E-state index in [2.05, 4.69) is 10.6 Å². The number of carbonyl (C=O) groups is 2. The van der Waals surface area contributed by atoms with Crippen molar-refractivity contribution in [2.45, 2.75) is 64.0 Å². The Kier molecular flexibility index (Phi) is 6.72. The van der Waals surface area contributed by atoms with E-state index in [0.717, 1.165) is 25.8 Å². The summed E-state index contributed by atoms with van der Waals surface area (Å²) in [6.07, 6.45) is 5.98. The number of carboxylic acid groups (broad SMARTS) is 1. The Hall–Kier alpha value is -1.10. The Morgan fingerprint density at radius 1 is 1.44 bits per heavy atom.